The van der Waals surface area contributed by atoms with Gasteiger partial charge >= 0.3 is 0 Å². The maximum Gasteiger partial charge on any atom is 0.0952 e. The fourth-order valence-corrected chi connectivity index (χ4v) is 2.03. The monoisotopic (exact) mass is 193 g/mol. The van der Waals surface area contributed by atoms with Crippen molar-refractivity contribution < 1.29 is 0 Å². The fourth-order valence-electron chi connectivity index (χ4n) is 2.03. The van der Waals surface area contributed by atoms with Crippen molar-refractivity contribution in [3.63, 3.8) is 0 Å². The Kier molecular flexibility index (Phi) is 2.87. The van der Waals surface area contributed by atoms with Gasteiger partial charge in [-0.3, -0.25) is 0 Å². The minimum absolute atomic E-state index is 1.08. The number of aryl methyl sites for hydroxylation is 1. The minimum atomic E-state index is 1.08. The molecule has 0 amide bonds. The number of hydrogen-bond acceptors (Lipinski definition) is 2. The molecule has 0 spiro atoms. The first-order valence-corrected chi connectivity index (χ1v) is 5.45. The third-order valence-electron chi connectivity index (χ3n) is 2.90. The fraction of sp³-hybridized carbons (Fsp3) is 0.727. The van der Waals surface area contributed by atoms with Gasteiger partial charge in [0.25, 0.3) is 0 Å². The molecule has 0 radical (unpaired) electrons. The highest BCUT2D eigenvalue weighted by Gasteiger charge is 2.14. The van der Waals surface area contributed by atoms with E-state index >= 15 is 0 Å². The smallest absolute Gasteiger partial charge is 0.0952 e. The molecular weight excluding hydrogens is 174 g/mol. The summed E-state index contributed by atoms with van der Waals surface area (Å²) in [5.74, 6) is 0. The Morgan fingerprint density at radius 2 is 2.14 bits per heavy atom. The first-order valence-electron chi connectivity index (χ1n) is 5.45. The summed E-state index contributed by atoms with van der Waals surface area (Å²) in [7, 11) is 4.23. The molecule has 3 heteroatoms. The van der Waals surface area contributed by atoms with Crippen LogP contribution in [0.2, 0.25) is 0 Å². The standard InChI is InChI=1S/C11H19N3/c1-13(2)7-8-14-9-12-10-5-3-4-6-11(10)14/h9H,3-8H2,1-2H3. The molecule has 0 aliphatic heterocycles. The minimum Gasteiger partial charge on any atom is -0.333 e. The maximum atomic E-state index is 4.48. The van der Waals surface area contributed by atoms with Crippen LogP contribution in [0.5, 0.6) is 0 Å². The highest BCUT2D eigenvalue weighted by molar-refractivity contribution is 5.16. The predicted molar refractivity (Wildman–Crippen MR) is 57.4 cm³/mol. The number of rotatable bonds is 3. The zero-order valence-electron chi connectivity index (χ0n) is 9.16. The van der Waals surface area contributed by atoms with E-state index in [2.05, 4.69) is 28.5 Å². The normalized spacial score (nSPS) is 15.9. The Labute approximate surface area is 85.7 Å². The van der Waals surface area contributed by atoms with E-state index in [0.29, 0.717) is 0 Å². The van der Waals surface area contributed by atoms with E-state index in [1.54, 1.807) is 0 Å². The van der Waals surface area contributed by atoms with Gasteiger partial charge in [-0.15, -0.1) is 0 Å². The van der Waals surface area contributed by atoms with Gasteiger partial charge in [-0.1, -0.05) is 0 Å². The van der Waals surface area contributed by atoms with Gasteiger partial charge in [-0.05, 0) is 39.8 Å². The van der Waals surface area contributed by atoms with Gasteiger partial charge in [0.2, 0.25) is 0 Å². The second-order valence-electron chi connectivity index (χ2n) is 4.34. The third-order valence-corrected chi connectivity index (χ3v) is 2.90. The molecular formula is C11H19N3. The van der Waals surface area contributed by atoms with Crippen molar-refractivity contribution in [2.45, 2.75) is 32.2 Å². The topological polar surface area (TPSA) is 21.1 Å². The maximum absolute atomic E-state index is 4.48. The van der Waals surface area contributed by atoms with Crippen molar-refractivity contribution in [1.82, 2.24) is 14.5 Å². The van der Waals surface area contributed by atoms with Crippen LogP contribution in [0, 0.1) is 0 Å². The van der Waals surface area contributed by atoms with Crippen molar-refractivity contribution in [3.8, 4) is 0 Å². The van der Waals surface area contributed by atoms with E-state index < -0.39 is 0 Å². The molecule has 3 nitrogen and oxygen atoms in total. The highest BCUT2D eigenvalue weighted by Crippen LogP contribution is 2.19. The van der Waals surface area contributed by atoms with Crippen LogP contribution in [0.15, 0.2) is 6.33 Å². The molecule has 0 saturated carbocycles. The second kappa shape index (κ2) is 4.13. The number of likely N-dealkylation sites (N-methyl/N-ethyl adjacent to an activating group) is 1. The molecule has 0 atom stereocenters. The van der Waals surface area contributed by atoms with Gasteiger partial charge < -0.3 is 9.47 Å². The van der Waals surface area contributed by atoms with Crippen molar-refractivity contribution in [2.24, 2.45) is 0 Å². The molecule has 0 unspecified atom stereocenters. The summed E-state index contributed by atoms with van der Waals surface area (Å²) in [6.07, 6.45) is 7.07. The molecule has 1 heterocycles. The molecule has 1 aromatic heterocycles. The lowest BCUT2D eigenvalue weighted by Gasteiger charge is -2.15. The van der Waals surface area contributed by atoms with Gasteiger partial charge in [-0.25, -0.2) is 4.98 Å². The first-order chi connectivity index (χ1) is 6.77. The summed E-state index contributed by atoms with van der Waals surface area (Å²) in [6.45, 7) is 2.18. The van der Waals surface area contributed by atoms with Crippen LogP contribution in [-0.4, -0.2) is 35.1 Å². The number of aromatic nitrogens is 2. The van der Waals surface area contributed by atoms with Crippen LogP contribution in [0.3, 0.4) is 0 Å². The summed E-state index contributed by atoms with van der Waals surface area (Å²) in [5, 5.41) is 0. The van der Waals surface area contributed by atoms with E-state index in [0.717, 1.165) is 13.1 Å². The predicted octanol–water partition coefficient (Wildman–Crippen LogP) is 1.32. The van der Waals surface area contributed by atoms with Crippen LogP contribution >= 0.6 is 0 Å². The second-order valence-corrected chi connectivity index (χ2v) is 4.34. The highest BCUT2D eigenvalue weighted by atomic mass is 15.1. The summed E-state index contributed by atoms with van der Waals surface area (Å²) in [4.78, 5) is 6.70. The average molecular weight is 193 g/mol. The average Bonchev–Trinajstić information content (AvgIpc) is 2.58. The summed E-state index contributed by atoms with van der Waals surface area (Å²) >= 11 is 0. The molecule has 0 saturated heterocycles. The van der Waals surface area contributed by atoms with E-state index in [1.807, 2.05) is 6.33 Å². The van der Waals surface area contributed by atoms with E-state index in [1.165, 1.54) is 37.1 Å². The number of hydrogen-bond donors (Lipinski definition) is 0. The Bertz CT molecular complexity index is 301. The SMILES string of the molecule is CN(C)CCn1cnc2c1CCCC2. The van der Waals surface area contributed by atoms with E-state index in [4.69, 9.17) is 0 Å². The molecule has 0 fully saturated rings. The lowest BCUT2D eigenvalue weighted by Crippen LogP contribution is -2.19. The molecule has 14 heavy (non-hydrogen) atoms. The van der Waals surface area contributed by atoms with E-state index in [-0.39, 0.29) is 0 Å². The largest absolute Gasteiger partial charge is 0.333 e. The van der Waals surface area contributed by atoms with Gasteiger partial charge in [0.05, 0.1) is 12.0 Å². The summed E-state index contributed by atoms with van der Waals surface area (Å²) < 4.78 is 2.33. The van der Waals surface area contributed by atoms with E-state index in [9.17, 15) is 0 Å². The van der Waals surface area contributed by atoms with Gasteiger partial charge in [0, 0.05) is 18.8 Å². The summed E-state index contributed by atoms with van der Waals surface area (Å²) in [5.41, 5.74) is 2.83. The molecule has 0 bridgehead atoms. The Morgan fingerprint density at radius 3 is 2.93 bits per heavy atom. The molecule has 2 rings (SSSR count). The van der Waals surface area contributed by atoms with Crippen LogP contribution in [0.4, 0.5) is 0 Å². The molecule has 0 aromatic carbocycles. The van der Waals surface area contributed by atoms with Gasteiger partial charge in [0.1, 0.15) is 0 Å². The molecule has 0 N–H and O–H groups in total. The van der Waals surface area contributed by atoms with Crippen LogP contribution in [0.25, 0.3) is 0 Å². The van der Waals surface area contributed by atoms with Crippen LogP contribution in [0.1, 0.15) is 24.2 Å². The number of nitrogens with zero attached hydrogens (tertiary/aromatic N) is 3. The lowest BCUT2D eigenvalue weighted by atomic mass is 10.0. The first kappa shape index (κ1) is 9.71. The number of imidazole rings is 1. The molecule has 1 aliphatic rings. The molecule has 1 aliphatic carbocycles. The Balaban J connectivity index is 2.06. The van der Waals surface area contributed by atoms with Crippen LogP contribution in [-0.2, 0) is 19.4 Å². The molecule has 78 valence electrons. The van der Waals surface area contributed by atoms with Crippen molar-refractivity contribution in [2.75, 3.05) is 20.6 Å². The third kappa shape index (κ3) is 1.98. The van der Waals surface area contributed by atoms with Crippen molar-refractivity contribution >= 4 is 0 Å². The Hall–Kier alpha value is -0.830. The lowest BCUT2D eigenvalue weighted by molar-refractivity contribution is 0.380. The zero-order valence-corrected chi connectivity index (χ0v) is 9.16. The molecule has 1 aromatic rings. The quantitative estimate of drug-likeness (QED) is 0.722. The zero-order chi connectivity index (χ0) is 9.97. The van der Waals surface area contributed by atoms with Crippen molar-refractivity contribution in [1.29, 1.82) is 0 Å². The van der Waals surface area contributed by atoms with Crippen LogP contribution < -0.4 is 0 Å². The Morgan fingerprint density at radius 1 is 1.36 bits per heavy atom. The number of fused-ring (bicyclic) bond motifs is 1. The summed E-state index contributed by atoms with van der Waals surface area (Å²) in [6, 6.07) is 0. The van der Waals surface area contributed by atoms with Gasteiger partial charge in [0.15, 0.2) is 0 Å². The van der Waals surface area contributed by atoms with Crippen molar-refractivity contribution in [3.05, 3.63) is 17.7 Å². The van der Waals surface area contributed by atoms with Gasteiger partial charge in [-0.2, -0.15) is 0 Å².